The molecule has 3 aromatic carbocycles. The van der Waals surface area contributed by atoms with Gasteiger partial charge in [-0.25, -0.2) is 5.43 Å². The lowest BCUT2D eigenvalue weighted by molar-refractivity contribution is -0.121. The third-order valence-electron chi connectivity index (χ3n) is 4.48. The van der Waals surface area contributed by atoms with Crippen LogP contribution >= 0.6 is 0 Å². The molecule has 0 fully saturated rings. The summed E-state index contributed by atoms with van der Waals surface area (Å²) >= 11 is 0. The van der Waals surface area contributed by atoms with Crippen molar-refractivity contribution in [1.29, 1.82) is 0 Å². The van der Waals surface area contributed by atoms with Crippen LogP contribution in [0, 0.1) is 0 Å². The Labute approximate surface area is 182 Å². The normalized spacial score (nSPS) is 11.7. The van der Waals surface area contributed by atoms with Gasteiger partial charge in [-0.1, -0.05) is 42.5 Å². The smallest absolute Gasteiger partial charge is 0.262 e. The molecule has 1 amide bonds. The van der Waals surface area contributed by atoms with Crippen molar-refractivity contribution in [2.75, 3.05) is 11.9 Å². The molecule has 0 aromatic heterocycles. The first kappa shape index (κ1) is 21.9. The summed E-state index contributed by atoms with van der Waals surface area (Å²) in [4.78, 5) is 12.4. The van der Waals surface area contributed by atoms with Gasteiger partial charge in [0, 0.05) is 11.3 Å². The van der Waals surface area contributed by atoms with Crippen LogP contribution in [0.4, 0.5) is 5.69 Å². The fourth-order valence-corrected chi connectivity index (χ4v) is 2.85. The minimum Gasteiger partial charge on any atom is -0.494 e. The molecule has 0 saturated carbocycles. The van der Waals surface area contributed by atoms with Gasteiger partial charge in [-0.3, -0.25) is 4.79 Å². The summed E-state index contributed by atoms with van der Waals surface area (Å²) in [5.74, 6) is 1.25. The Morgan fingerprint density at radius 1 is 0.968 bits per heavy atom. The molecule has 0 bridgehead atoms. The summed E-state index contributed by atoms with van der Waals surface area (Å²) in [7, 11) is 0. The molecule has 0 unspecified atom stereocenters. The Morgan fingerprint density at radius 2 is 1.68 bits per heavy atom. The molecule has 31 heavy (non-hydrogen) atoms. The summed E-state index contributed by atoms with van der Waals surface area (Å²) in [5.41, 5.74) is 5.26. The minimum atomic E-state index is -0.459. The van der Waals surface area contributed by atoms with E-state index in [9.17, 15) is 4.79 Å². The Kier molecular flexibility index (Phi) is 8.05. The van der Waals surface area contributed by atoms with Crippen LogP contribution in [0.2, 0.25) is 0 Å². The van der Waals surface area contributed by atoms with Gasteiger partial charge in [-0.2, -0.15) is 5.10 Å². The zero-order valence-corrected chi connectivity index (χ0v) is 17.7. The molecule has 3 aromatic rings. The van der Waals surface area contributed by atoms with Gasteiger partial charge in [0.1, 0.15) is 24.1 Å². The van der Waals surface area contributed by atoms with Crippen LogP contribution in [0.5, 0.6) is 11.5 Å². The quantitative estimate of drug-likeness (QED) is 0.373. The second kappa shape index (κ2) is 11.4. The molecule has 0 aliphatic rings. The lowest BCUT2D eigenvalue weighted by atomic mass is 10.2. The lowest BCUT2D eigenvalue weighted by Crippen LogP contribution is -2.34. The van der Waals surface area contributed by atoms with E-state index in [-0.39, 0.29) is 5.91 Å². The van der Waals surface area contributed by atoms with Crippen LogP contribution < -0.4 is 20.2 Å². The number of nitrogens with one attached hydrogen (secondary N) is 2. The van der Waals surface area contributed by atoms with E-state index in [4.69, 9.17) is 9.47 Å². The van der Waals surface area contributed by atoms with Crippen molar-refractivity contribution >= 4 is 17.8 Å². The predicted molar refractivity (Wildman–Crippen MR) is 124 cm³/mol. The van der Waals surface area contributed by atoms with Crippen LogP contribution in [-0.4, -0.2) is 24.8 Å². The molecule has 0 spiro atoms. The standard InChI is InChI=1S/C25H27N3O3/c1-3-30-23-15-13-22(14-16-23)27-19(2)25(29)28-26-17-21-11-7-8-12-24(21)31-18-20-9-5-4-6-10-20/h4-17,19,27H,3,18H2,1-2H3,(H,28,29)/t19-/m0/s1. The molecule has 3 rings (SSSR count). The number of nitrogens with zero attached hydrogens (tertiary/aromatic N) is 1. The van der Waals surface area contributed by atoms with Gasteiger partial charge < -0.3 is 14.8 Å². The SMILES string of the molecule is CCOc1ccc(N[C@@H](C)C(=O)NN=Cc2ccccc2OCc2ccccc2)cc1. The minimum absolute atomic E-state index is 0.243. The van der Waals surface area contributed by atoms with Crippen molar-refractivity contribution < 1.29 is 14.3 Å². The molecule has 0 saturated heterocycles. The zero-order chi connectivity index (χ0) is 21.9. The maximum atomic E-state index is 12.4. The Balaban J connectivity index is 1.53. The molecule has 6 nitrogen and oxygen atoms in total. The van der Waals surface area contributed by atoms with Crippen LogP contribution in [0.3, 0.4) is 0 Å². The van der Waals surface area contributed by atoms with Crippen molar-refractivity contribution in [3.63, 3.8) is 0 Å². The van der Waals surface area contributed by atoms with Crippen molar-refractivity contribution in [3.8, 4) is 11.5 Å². The van der Waals surface area contributed by atoms with Crippen molar-refractivity contribution in [2.45, 2.75) is 26.5 Å². The molecular weight excluding hydrogens is 390 g/mol. The van der Waals surface area contributed by atoms with Crippen molar-refractivity contribution in [2.24, 2.45) is 5.10 Å². The van der Waals surface area contributed by atoms with E-state index in [0.717, 1.165) is 22.6 Å². The van der Waals surface area contributed by atoms with Gasteiger partial charge in [0.15, 0.2) is 0 Å². The van der Waals surface area contributed by atoms with Gasteiger partial charge in [0.25, 0.3) is 5.91 Å². The molecule has 0 aliphatic carbocycles. The third-order valence-corrected chi connectivity index (χ3v) is 4.48. The fourth-order valence-electron chi connectivity index (χ4n) is 2.85. The van der Waals surface area contributed by atoms with Gasteiger partial charge in [0.05, 0.1) is 12.8 Å². The van der Waals surface area contributed by atoms with Gasteiger partial charge in [-0.05, 0) is 55.8 Å². The topological polar surface area (TPSA) is 72.0 Å². The highest BCUT2D eigenvalue weighted by molar-refractivity contribution is 5.87. The first-order valence-corrected chi connectivity index (χ1v) is 10.2. The molecule has 6 heteroatoms. The monoisotopic (exact) mass is 417 g/mol. The molecule has 0 heterocycles. The number of amides is 1. The maximum Gasteiger partial charge on any atom is 0.262 e. The average molecular weight is 418 g/mol. The van der Waals surface area contributed by atoms with Crippen LogP contribution in [0.1, 0.15) is 25.0 Å². The molecule has 2 N–H and O–H groups in total. The Hall–Kier alpha value is -3.80. The second-order valence-corrected chi connectivity index (χ2v) is 6.87. The number of para-hydroxylation sites is 1. The van der Waals surface area contributed by atoms with Gasteiger partial charge in [-0.15, -0.1) is 0 Å². The third kappa shape index (κ3) is 6.89. The van der Waals surface area contributed by atoms with E-state index < -0.39 is 6.04 Å². The van der Waals surface area contributed by atoms with E-state index in [1.807, 2.05) is 85.8 Å². The Morgan fingerprint density at radius 3 is 2.42 bits per heavy atom. The number of ether oxygens (including phenoxy) is 2. The highest BCUT2D eigenvalue weighted by Crippen LogP contribution is 2.18. The van der Waals surface area contributed by atoms with E-state index in [1.165, 1.54) is 0 Å². The molecule has 0 aliphatic heterocycles. The largest absolute Gasteiger partial charge is 0.494 e. The highest BCUT2D eigenvalue weighted by atomic mass is 16.5. The van der Waals surface area contributed by atoms with Crippen LogP contribution in [0.15, 0.2) is 84.0 Å². The summed E-state index contributed by atoms with van der Waals surface area (Å²) < 4.78 is 11.3. The summed E-state index contributed by atoms with van der Waals surface area (Å²) in [5, 5.41) is 7.24. The van der Waals surface area contributed by atoms with E-state index in [2.05, 4.69) is 15.8 Å². The molecular formula is C25H27N3O3. The van der Waals surface area contributed by atoms with Crippen molar-refractivity contribution in [3.05, 3.63) is 90.0 Å². The second-order valence-electron chi connectivity index (χ2n) is 6.87. The summed E-state index contributed by atoms with van der Waals surface area (Å²) in [6, 6.07) is 24.5. The zero-order valence-electron chi connectivity index (χ0n) is 17.7. The van der Waals surface area contributed by atoms with Crippen LogP contribution in [0.25, 0.3) is 0 Å². The molecule has 1 atom stereocenters. The highest BCUT2D eigenvalue weighted by Gasteiger charge is 2.12. The average Bonchev–Trinajstić information content (AvgIpc) is 2.80. The van der Waals surface area contributed by atoms with Crippen LogP contribution in [-0.2, 0) is 11.4 Å². The molecule has 0 radical (unpaired) electrons. The first-order chi connectivity index (χ1) is 15.2. The van der Waals surface area contributed by atoms with Gasteiger partial charge in [0.2, 0.25) is 0 Å². The number of benzene rings is 3. The number of hydrogen-bond donors (Lipinski definition) is 2. The summed E-state index contributed by atoms with van der Waals surface area (Å²) in [6.07, 6.45) is 1.59. The number of carbonyl (C=O) groups is 1. The fraction of sp³-hybridized carbons (Fsp3) is 0.200. The number of anilines is 1. The maximum absolute atomic E-state index is 12.4. The van der Waals surface area contributed by atoms with E-state index >= 15 is 0 Å². The lowest BCUT2D eigenvalue weighted by Gasteiger charge is -2.14. The predicted octanol–water partition coefficient (Wildman–Crippen LogP) is 4.62. The molecule has 160 valence electrons. The summed E-state index contributed by atoms with van der Waals surface area (Å²) in [6.45, 7) is 4.79. The number of hydrazone groups is 1. The number of hydrogen-bond acceptors (Lipinski definition) is 5. The van der Waals surface area contributed by atoms with E-state index in [0.29, 0.717) is 19.0 Å². The number of carbonyl (C=O) groups excluding carboxylic acids is 1. The number of rotatable bonds is 10. The van der Waals surface area contributed by atoms with Gasteiger partial charge >= 0.3 is 0 Å². The Bertz CT molecular complexity index is 988. The first-order valence-electron chi connectivity index (χ1n) is 10.2. The van der Waals surface area contributed by atoms with E-state index in [1.54, 1.807) is 13.1 Å². The van der Waals surface area contributed by atoms with Crippen molar-refractivity contribution in [1.82, 2.24) is 5.43 Å².